The number of rotatable bonds is 7. The molecule has 1 aromatic carbocycles. The fourth-order valence-corrected chi connectivity index (χ4v) is 4.28. The van der Waals surface area contributed by atoms with E-state index < -0.39 is 0 Å². The molecule has 7 heteroatoms. The van der Waals surface area contributed by atoms with Crippen molar-refractivity contribution in [1.82, 2.24) is 14.9 Å². The smallest absolute Gasteiger partial charge is 0.161 e. The van der Waals surface area contributed by atoms with Crippen molar-refractivity contribution in [3.05, 3.63) is 35.5 Å². The van der Waals surface area contributed by atoms with Gasteiger partial charge in [0, 0.05) is 63.8 Å². The highest BCUT2D eigenvalue weighted by molar-refractivity contribution is 5.64. The van der Waals surface area contributed by atoms with Crippen molar-refractivity contribution in [2.75, 3.05) is 63.8 Å². The number of nitrogens with zero attached hydrogens (tertiary/aromatic N) is 4. The lowest BCUT2D eigenvalue weighted by Crippen LogP contribution is -2.45. The first-order valence-electron chi connectivity index (χ1n) is 10.9. The van der Waals surface area contributed by atoms with E-state index in [0.717, 1.165) is 87.4 Å². The van der Waals surface area contributed by atoms with Crippen LogP contribution in [0, 0.1) is 0 Å². The number of anilines is 2. The highest BCUT2D eigenvalue weighted by Gasteiger charge is 2.28. The molecule has 0 bridgehead atoms. The summed E-state index contributed by atoms with van der Waals surface area (Å²) >= 11 is 0. The van der Waals surface area contributed by atoms with Gasteiger partial charge in [0.1, 0.15) is 5.82 Å². The molecule has 1 atom stereocenters. The van der Waals surface area contributed by atoms with Crippen molar-refractivity contribution in [3.8, 4) is 11.4 Å². The van der Waals surface area contributed by atoms with Crippen LogP contribution in [0.5, 0.6) is 0 Å². The van der Waals surface area contributed by atoms with E-state index in [1.807, 2.05) is 7.05 Å². The Hall–Kier alpha value is -2.22. The Bertz CT molecular complexity index is 842. The molecule has 0 aliphatic carbocycles. The van der Waals surface area contributed by atoms with Gasteiger partial charge in [-0.3, -0.25) is 4.90 Å². The average molecular weight is 412 g/mol. The van der Waals surface area contributed by atoms with Gasteiger partial charge in [-0.15, -0.1) is 0 Å². The monoisotopic (exact) mass is 411 g/mol. The van der Waals surface area contributed by atoms with Crippen LogP contribution in [-0.2, 0) is 22.4 Å². The molecule has 0 unspecified atom stereocenters. The van der Waals surface area contributed by atoms with Crippen LogP contribution in [0.3, 0.4) is 0 Å². The highest BCUT2D eigenvalue weighted by Crippen LogP contribution is 2.31. The van der Waals surface area contributed by atoms with Crippen LogP contribution in [0.15, 0.2) is 24.3 Å². The minimum Gasteiger partial charge on any atom is -0.388 e. The van der Waals surface area contributed by atoms with E-state index in [1.54, 1.807) is 7.11 Å². The number of morpholine rings is 1. The molecule has 0 amide bonds. The quantitative estimate of drug-likeness (QED) is 0.703. The zero-order chi connectivity index (χ0) is 20.9. The van der Waals surface area contributed by atoms with Crippen LogP contribution in [-0.4, -0.2) is 74.5 Å². The van der Waals surface area contributed by atoms with Gasteiger partial charge in [0.05, 0.1) is 24.9 Å². The lowest BCUT2D eigenvalue weighted by atomic mass is 10.0. The summed E-state index contributed by atoms with van der Waals surface area (Å²) in [5.41, 5.74) is 4.61. The van der Waals surface area contributed by atoms with E-state index in [2.05, 4.69) is 46.3 Å². The molecular formula is C23H33N5O2. The molecule has 0 radical (unpaired) electrons. The Morgan fingerprint density at radius 3 is 2.77 bits per heavy atom. The Balaban J connectivity index is 1.69. The summed E-state index contributed by atoms with van der Waals surface area (Å²) in [5.74, 6) is 1.91. The maximum absolute atomic E-state index is 5.68. The van der Waals surface area contributed by atoms with Crippen LogP contribution >= 0.6 is 0 Å². The molecular weight excluding hydrogens is 378 g/mol. The van der Waals surface area contributed by atoms with Gasteiger partial charge in [-0.2, -0.15) is 0 Å². The molecule has 1 fully saturated rings. The van der Waals surface area contributed by atoms with Crippen molar-refractivity contribution in [1.29, 1.82) is 0 Å². The van der Waals surface area contributed by atoms with E-state index >= 15 is 0 Å². The minimum atomic E-state index is 0.317. The Morgan fingerprint density at radius 2 is 2.03 bits per heavy atom. The SMILES string of the molecule is CNc1ccc(-c2nc3c(c(N4CCOC[C@@H]4C)n2)CCN(CCCOC)C3)cc1. The number of ether oxygens (including phenoxy) is 2. The molecule has 1 aromatic heterocycles. The number of benzene rings is 1. The zero-order valence-corrected chi connectivity index (χ0v) is 18.4. The van der Waals surface area contributed by atoms with E-state index in [9.17, 15) is 0 Å². The summed E-state index contributed by atoms with van der Waals surface area (Å²) in [4.78, 5) is 15.0. The van der Waals surface area contributed by atoms with Gasteiger partial charge in [0.2, 0.25) is 0 Å². The number of methoxy groups -OCH3 is 1. The summed E-state index contributed by atoms with van der Waals surface area (Å²) in [7, 11) is 3.70. The van der Waals surface area contributed by atoms with Crippen LogP contribution in [0.1, 0.15) is 24.6 Å². The lowest BCUT2D eigenvalue weighted by molar-refractivity contribution is 0.0983. The predicted octanol–water partition coefficient (Wildman–Crippen LogP) is 2.81. The van der Waals surface area contributed by atoms with Gasteiger partial charge in [-0.25, -0.2) is 9.97 Å². The fourth-order valence-electron chi connectivity index (χ4n) is 4.28. The van der Waals surface area contributed by atoms with E-state index in [4.69, 9.17) is 19.4 Å². The molecule has 1 N–H and O–H groups in total. The molecule has 2 aliphatic heterocycles. The standard InChI is InChI=1S/C23H33N5O2/c1-17-16-30-14-12-28(17)23-20-9-11-27(10-4-13-29-3)15-21(20)25-22(26-23)18-5-7-19(24-2)8-6-18/h5-8,17,24H,4,9-16H2,1-3H3/t17-/m0/s1. The first-order chi connectivity index (χ1) is 14.7. The molecule has 3 heterocycles. The van der Waals surface area contributed by atoms with Crippen LogP contribution < -0.4 is 10.2 Å². The second-order valence-corrected chi connectivity index (χ2v) is 8.11. The normalized spacial score (nSPS) is 19.6. The Morgan fingerprint density at radius 1 is 1.20 bits per heavy atom. The van der Waals surface area contributed by atoms with Crippen molar-refractivity contribution >= 4 is 11.5 Å². The predicted molar refractivity (Wildman–Crippen MR) is 120 cm³/mol. The van der Waals surface area contributed by atoms with Gasteiger partial charge in [0.15, 0.2) is 5.82 Å². The molecule has 7 nitrogen and oxygen atoms in total. The molecule has 0 spiro atoms. The van der Waals surface area contributed by atoms with Gasteiger partial charge < -0.3 is 19.7 Å². The van der Waals surface area contributed by atoms with Crippen molar-refractivity contribution < 1.29 is 9.47 Å². The van der Waals surface area contributed by atoms with Crippen LogP contribution in [0.2, 0.25) is 0 Å². The number of hydrogen-bond donors (Lipinski definition) is 1. The first-order valence-corrected chi connectivity index (χ1v) is 10.9. The van der Waals surface area contributed by atoms with Crippen LogP contribution in [0.25, 0.3) is 11.4 Å². The molecule has 0 saturated carbocycles. The molecule has 1 saturated heterocycles. The number of hydrogen-bond acceptors (Lipinski definition) is 7. The third-order valence-corrected chi connectivity index (χ3v) is 6.02. The molecule has 2 aromatic rings. The van der Waals surface area contributed by atoms with Gasteiger partial charge in [0.25, 0.3) is 0 Å². The lowest BCUT2D eigenvalue weighted by Gasteiger charge is -2.37. The first kappa shape index (κ1) is 21.0. The van der Waals surface area contributed by atoms with E-state index in [-0.39, 0.29) is 0 Å². The van der Waals surface area contributed by atoms with Crippen LogP contribution in [0.4, 0.5) is 11.5 Å². The molecule has 162 valence electrons. The summed E-state index contributed by atoms with van der Waals surface area (Å²) < 4.78 is 10.9. The van der Waals surface area contributed by atoms with Gasteiger partial charge in [-0.1, -0.05) is 0 Å². The van der Waals surface area contributed by atoms with E-state index in [1.165, 1.54) is 5.56 Å². The van der Waals surface area contributed by atoms with E-state index in [0.29, 0.717) is 6.04 Å². The molecule has 2 aliphatic rings. The zero-order valence-electron chi connectivity index (χ0n) is 18.4. The fraction of sp³-hybridized carbons (Fsp3) is 0.565. The molecule has 30 heavy (non-hydrogen) atoms. The van der Waals surface area contributed by atoms with Gasteiger partial charge >= 0.3 is 0 Å². The maximum Gasteiger partial charge on any atom is 0.161 e. The summed E-state index contributed by atoms with van der Waals surface area (Å²) in [6, 6.07) is 8.66. The van der Waals surface area contributed by atoms with Crippen molar-refractivity contribution in [2.45, 2.75) is 32.4 Å². The number of aromatic nitrogens is 2. The third kappa shape index (κ3) is 4.58. The second-order valence-electron chi connectivity index (χ2n) is 8.11. The maximum atomic E-state index is 5.68. The topological polar surface area (TPSA) is 62.8 Å². The Kier molecular flexibility index (Phi) is 6.82. The number of nitrogens with one attached hydrogen (secondary N) is 1. The largest absolute Gasteiger partial charge is 0.388 e. The Labute approximate surface area is 179 Å². The third-order valence-electron chi connectivity index (χ3n) is 6.02. The summed E-state index contributed by atoms with van der Waals surface area (Å²) in [6.45, 7) is 8.33. The van der Waals surface area contributed by atoms with Crippen molar-refractivity contribution in [2.24, 2.45) is 0 Å². The average Bonchev–Trinajstić information content (AvgIpc) is 2.79. The van der Waals surface area contributed by atoms with Gasteiger partial charge in [-0.05, 0) is 44.0 Å². The summed E-state index contributed by atoms with van der Waals surface area (Å²) in [5, 5.41) is 3.17. The highest BCUT2D eigenvalue weighted by atomic mass is 16.5. The number of fused-ring (bicyclic) bond motifs is 1. The second kappa shape index (κ2) is 9.73. The minimum absolute atomic E-state index is 0.317. The van der Waals surface area contributed by atoms with Crippen molar-refractivity contribution in [3.63, 3.8) is 0 Å². The molecule has 4 rings (SSSR count). The summed E-state index contributed by atoms with van der Waals surface area (Å²) in [6.07, 6.45) is 2.03.